The van der Waals surface area contributed by atoms with Gasteiger partial charge < -0.3 is 0 Å². The summed E-state index contributed by atoms with van der Waals surface area (Å²) in [5, 5.41) is 0. The Bertz CT molecular complexity index is 87.9. The van der Waals surface area contributed by atoms with E-state index < -0.39 is 0 Å². The van der Waals surface area contributed by atoms with Crippen LogP contribution in [0, 0.1) is 0 Å². The largest absolute Gasteiger partial charge is 0.214 e. The first-order chi connectivity index (χ1) is 3.21. The fraction of sp³-hybridized carbons (Fsp3) is 0.500. The monoisotopic (exact) mass is 169 g/mol. The summed E-state index contributed by atoms with van der Waals surface area (Å²) in [4.78, 5) is 0. The Morgan fingerprint density at radius 3 is 2.43 bits per heavy atom. The van der Waals surface area contributed by atoms with Crippen LogP contribution in [0.3, 0.4) is 0 Å². The van der Waals surface area contributed by atoms with Crippen LogP contribution in [0.1, 0.15) is 0 Å². The van der Waals surface area contributed by atoms with Crippen molar-refractivity contribution >= 4 is 54.5 Å². The molecule has 0 aromatic carbocycles. The average Bonchev–Trinajstić information content (AvgIpc) is 1.84. The number of hydrogen-bond donors (Lipinski definition) is 2. The lowest BCUT2D eigenvalue weighted by Gasteiger charge is -2.06. The minimum absolute atomic E-state index is 0.306. The standard InChI is InChI=1S/C2H3NS4/c4-2(5)6-1-3-7-2/h1,4-5H. The first kappa shape index (κ1) is 6.19. The van der Waals surface area contributed by atoms with E-state index in [9.17, 15) is 0 Å². The van der Waals surface area contributed by atoms with Crippen molar-refractivity contribution in [2.24, 2.45) is 4.40 Å². The van der Waals surface area contributed by atoms with Crippen molar-refractivity contribution in [1.82, 2.24) is 0 Å². The molecule has 0 bridgehead atoms. The molecule has 7 heavy (non-hydrogen) atoms. The second kappa shape index (κ2) is 2.13. The van der Waals surface area contributed by atoms with E-state index in [1.807, 2.05) is 0 Å². The van der Waals surface area contributed by atoms with E-state index in [0.29, 0.717) is 0 Å². The van der Waals surface area contributed by atoms with Crippen LogP contribution in [-0.4, -0.2) is 8.29 Å². The topological polar surface area (TPSA) is 12.4 Å². The van der Waals surface area contributed by atoms with Crippen molar-refractivity contribution in [2.45, 2.75) is 2.74 Å². The summed E-state index contributed by atoms with van der Waals surface area (Å²) < 4.78 is 3.53. The van der Waals surface area contributed by atoms with Crippen LogP contribution in [0.15, 0.2) is 4.40 Å². The summed E-state index contributed by atoms with van der Waals surface area (Å²) in [6.45, 7) is 0. The molecule has 0 unspecified atom stereocenters. The van der Waals surface area contributed by atoms with Crippen molar-refractivity contribution in [3.05, 3.63) is 0 Å². The molecule has 0 spiro atoms. The Hall–Kier alpha value is 1.07. The van der Waals surface area contributed by atoms with E-state index in [1.54, 1.807) is 5.55 Å². The minimum atomic E-state index is -0.306. The number of rotatable bonds is 0. The van der Waals surface area contributed by atoms with Crippen molar-refractivity contribution in [3.63, 3.8) is 0 Å². The van der Waals surface area contributed by atoms with Crippen LogP contribution in [-0.2, 0) is 0 Å². The molecule has 1 heterocycles. The van der Waals surface area contributed by atoms with Gasteiger partial charge in [-0.1, -0.05) is 11.8 Å². The Morgan fingerprint density at radius 2 is 2.29 bits per heavy atom. The number of nitrogens with zero attached hydrogens (tertiary/aromatic N) is 1. The smallest absolute Gasteiger partial charge is 0.174 e. The van der Waals surface area contributed by atoms with Gasteiger partial charge in [0, 0.05) is 11.9 Å². The first-order valence-electron chi connectivity index (χ1n) is 1.53. The van der Waals surface area contributed by atoms with E-state index in [1.165, 1.54) is 23.7 Å². The Balaban J connectivity index is 2.49. The maximum Gasteiger partial charge on any atom is 0.174 e. The third-order valence-electron chi connectivity index (χ3n) is 0.421. The van der Waals surface area contributed by atoms with Crippen molar-refractivity contribution in [2.75, 3.05) is 0 Å². The highest BCUT2D eigenvalue weighted by molar-refractivity contribution is 8.46. The van der Waals surface area contributed by atoms with Gasteiger partial charge in [-0.15, -0.1) is 25.3 Å². The summed E-state index contributed by atoms with van der Waals surface area (Å²) >= 11 is 11.1. The lowest BCUT2D eigenvalue weighted by molar-refractivity contribution is 1.91. The second-order valence-corrected chi connectivity index (χ2v) is 6.20. The quantitative estimate of drug-likeness (QED) is 0.326. The first-order valence-corrected chi connectivity index (χ1v) is 4.08. The Morgan fingerprint density at radius 1 is 1.57 bits per heavy atom. The molecule has 0 saturated carbocycles. The van der Waals surface area contributed by atoms with Gasteiger partial charge in [-0.3, -0.25) is 0 Å². The van der Waals surface area contributed by atoms with E-state index >= 15 is 0 Å². The van der Waals surface area contributed by atoms with Gasteiger partial charge in [-0.05, 0) is 0 Å². The maximum absolute atomic E-state index is 4.11. The Kier molecular flexibility index (Phi) is 1.88. The normalized spacial score (nSPS) is 26.0. The third kappa shape index (κ3) is 1.79. The number of thiol groups is 2. The highest BCUT2D eigenvalue weighted by Gasteiger charge is 2.24. The zero-order valence-electron chi connectivity index (χ0n) is 3.24. The molecule has 1 nitrogen and oxygen atoms in total. The maximum atomic E-state index is 4.11. The molecule has 0 aliphatic carbocycles. The molecule has 1 aliphatic rings. The molecule has 0 fully saturated rings. The molecule has 1 rings (SSSR count). The van der Waals surface area contributed by atoms with E-state index in [2.05, 4.69) is 29.7 Å². The number of thioether (sulfide) groups is 1. The van der Waals surface area contributed by atoms with Gasteiger partial charge in [0.25, 0.3) is 0 Å². The molecule has 0 aromatic rings. The molecule has 0 N–H and O–H groups in total. The van der Waals surface area contributed by atoms with E-state index in [-0.39, 0.29) is 2.74 Å². The molecule has 0 amide bonds. The predicted molar refractivity (Wildman–Crippen MR) is 44.4 cm³/mol. The van der Waals surface area contributed by atoms with Crippen molar-refractivity contribution in [3.8, 4) is 0 Å². The average molecular weight is 169 g/mol. The van der Waals surface area contributed by atoms with Gasteiger partial charge in [0.1, 0.15) is 0 Å². The third-order valence-corrected chi connectivity index (χ3v) is 3.16. The highest BCUT2D eigenvalue weighted by atomic mass is 32.3. The van der Waals surface area contributed by atoms with Gasteiger partial charge in [-0.25, -0.2) is 4.40 Å². The van der Waals surface area contributed by atoms with Crippen molar-refractivity contribution in [1.29, 1.82) is 0 Å². The number of hydrogen-bond acceptors (Lipinski definition) is 5. The van der Waals surface area contributed by atoms with Gasteiger partial charge in [0.15, 0.2) is 2.74 Å². The second-order valence-electron chi connectivity index (χ2n) is 0.968. The van der Waals surface area contributed by atoms with Crippen LogP contribution in [0.25, 0.3) is 0 Å². The highest BCUT2D eigenvalue weighted by Crippen LogP contribution is 2.48. The van der Waals surface area contributed by atoms with Gasteiger partial charge in [0.2, 0.25) is 0 Å². The SMILES string of the molecule is SC1(S)SC=NS1. The lowest BCUT2D eigenvalue weighted by atomic mass is 11.7. The molecular formula is C2H3NS4. The predicted octanol–water partition coefficient (Wildman–Crippen LogP) is 1.88. The molecule has 0 radical (unpaired) electrons. The Labute approximate surface area is 61.7 Å². The molecule has 0 atom stereocenters. The molecule has 40 valence electrons. The molecule has 1 aliphatic heterocycles. The summed E-state index contributed by atoms with van der Waals surface area (Å²) in [5.74, 6) is 0. The molecule has 0 saturated heterocycles. The van der Waals surface area contributed by atoms with Crippen LogP contribution >= 0.6 is 49.0 Å². The van der Waals surface area contributed by atoms with Gasteiger partial charge in [0.05, 0.1) is 5.55 Å². The van der Waals surface area contributed by atoms with Gasteiger partial charge >= 0.3 is 0 Å². The van der Waals surface area contributed by atoms with E-state index in [0.717, 1.165) is 0 Å². The zero-order valence-corrected chi connectivity index (χ0v) is 6.66. The van der Waals surface area contributed by atoms with Crippen LogP contribution in [0.2, 0.25) is 0 Å². The fourth-order valence-electron chi connectivity index (χ4n) is 0.202. The summed E-state index contributed by atoms with van der Waals surface area (Å²) in [7, 11) is 0. The lowest BCUT2D eigenvalue weighted by Crippen LogP contribution is -1.91. The van der Waals surface area contributed by atoms with Gasteiger partial charge in [-0.2, -0.15) is 0 Å². The summed E-state index contributed by atoms with van der Waals surface area (Å²) in [6.07, 6.45) is 0. The fourth-order valence-corrected chi connectivity index (χ4v) is 1.82. The molecule has 0 aromatic heterocycles. The summed E-state index contributed by atoms with van der Waals surface area (Å²) in [6, 6.07) is 0. The van der Waals surface area contributed by atoms with Crippen LogP contribution in [0.4, 0.5) is 0 Å². The van der Waals surface area contributed by atoms with E-state index in [4.69, 9.17) is 0 Å². The van der Waals surface area contributed by atoms with Crippen LogP contribution in [0.5, 0.6) is 0 Å². The minimum Gasteiger partial charge on any atom is -0.214 e. The molecular weight excluding hydrogens is 166 g/mol. The van der Waals surface area contributed by atoms with Crippen molar-refractivity contribution < 1.29 is 0 Å². The zero-order chi connectivity index (χ0) is 5.33. The van der Waals surface area contributed by atoms with Crippen LogP contribution < -0.4 is 0 Å². The molecule has 5 heteroatoms. The summed E-state index contributed by atoms with van der Waals surface area (Å²) in [5.41, 5.74) is 1.74.